The molecular formula is C17H15Cl2FN2S. The van der Waals surface area contributed by atoms with E-state index < -0.39 is 5.82 Å². The average Bonchev–Trinajstić information content (AvgIpc) is 2.51. The van der Waals surface area contributed by atoms with Crippen molar-refractivity contribution in [1.29, 1.82) is 0 Å². The van der Waals surface area contributed by atoms with Crippen molar-refractivity contribution in [3.05, 3.63) is 57.8 Å². The zero-order chi connectivity index (χ0) is 16.6. The summed E-state index contributed by atoms with van der Waals surface area (Å²) in [5.41, 5.74) is 1.69. The molecule has 120 valence electrons. The molecule has 3 rings (SSSR count). The first-order valence-electron chi connectivity index (χ1n) is 7.24. The molecule has 2 aromatic rings. The fourth-order valence-corrected chi connectivity index (χ4v) is 4.31. The second-order valence-corrected chi connectivity index (χ2v) is 7.11. The average molecular weight is 369 g/mol. The Balaban J connectivity index is 2.08. The molecule has 23 heavy (non-hydrogen) atoms. The summed E-state index contributed by atoms with van der Waals surface area (Å²) in [7, 11) is 2.00. The van der Waals surface area contributed by atoms with Gasteiger partial charge in [0, 0.05) is 11.9 Å². The van der Waals surface area contributed by atoms with E-state index in [1.54, 1.807) is 11.8 Å². The molecule has 1 unspecified atom stereocenters. The molecule has 1 aliphatic heterocycles. The van der Waals surface area contributed by atoms with Crippen LogP contribution >= 0.6 is 35.0 Å². The van der Waals surface area contributed by atoms with Crippen LogP contribution in [0.2, 0.25) is 10.0 Å². The van der Waals surface area contributed by atoms with E-state index in [-0.39, 0.29) is 16.1 Å². The molecule has 1 heterocycles. The van der Waals surface area contributed by atoms with E-state index in [0.717, 1.165) is 11.6 Å². The molecule has 0 N–H and O–H groups in total. The van der Waals surface area contributed by atoms with Gasteiger partial charge in [-0.15, -0.1) is 0 Å². The summed E-state index contributed by atoms with van der Waals surface area (Å²) in [6.07, 6.45) is 0.956. The molecule has 2 nitrogen and oxygen atoms in total. The first-order valence-corrected chi connectivity index (χ1v) is 8.81. The molecular weight excluding hydrogens is 354 g/mol. The Morgan fingerprint density at radius 2 is 1.87 bits per heavy atom. The fourth-order valence-electron chi connectivity index (χ4n) is 2.69. The fraction of sp³-hybridized carbons (Fsp3) is 0.235. The molecule has 6 heteroatoms. The van der Waals surface area contributed by atoms with Crippen LogP contribution in [0.1, 0.15) is 24.9 Å². The van der Waals surface area contributed by atoms with Gasteiger partial charge in [-0.3, -0.25) is 0 Å². The Morgan fingerprint density at radius 3 is 2.52 bits per heavy atom. The summed E-state index contributed by atoms with van der Waals surface area (Å²) in [5.74, 6) is -0.467. The van der Waals surface area contributed by atoms with Gasteiger partial charge < -0.3 is 4.90 Å². The molecule has 0 fully saturated rings. The molecule has 0 bridgehead atoms. The number of aliphatic imine (C=N–C) groups is 1. The second-order valence-electron chi connectivity index (χ2n) is 5.29. The SMILES string of the molecule is CCC1c2ccccc2SC(=Nc2c(Cl)cc(F)cc2Cl)N1C. The predicted molar refractivity (Wildman–Crippen MR) is 96.6 cm³/mol. The topological polar surface area (TPSA) is 15.6 Å². The lowest BCUT2D eigenvalue weighted by Crippen LogP contribution is -2.32. The third-order valence-electron chi connectivity index (χ3n) is 3.82. The number of amidine groups is 1. The summed E-state index contributed by atoms with van der Waals surface area (Å²) in [5, 5.41) is 1.22. The molecule has 0 radical (unpaired) electrons. The quantitative estimate of drug-likeness (QED) is 0.617. The molecule has 0 saturated carbocycles. The number of hydrogen-bond donors (Lipinski definition) is 0. The van der Waals surface area contributed by atoms with E-state index >= 15 is 0 Å². The summed E-state index contributed by atoms with van der Waals surface area (Å²) in [6.45, 7) is 2.14. The van der Waals surface area contributed by atoms with Crippen LogP contribution < -0.4 is 0 Å². The van der Waals surface area contributed by atoms with Crippen LogP contribution in [0.25, 0.3) is 0 Å². The van der Waals surface area contributed by atoms with Crippen LogP contribution in [0.3, 0.4) is 0 Å². The minimum atomic E-state index is -0.467. The van der Waals surface area contributed by atoms with Gasteiger partial charge in [0.2, 0.25) is 0 Å². The van der Waals surface area contributed by atoms with Crippen molar-refractivity contribution in [3.63, 3.8) is 0 Å². The standard InChI is InChI=1S/C17H15Cl2FN2S/c1-3-14-11-6-4-5-7-15(11)23-17(22(14)2)21-16-12(18)8-10(20)9-13(16)19/h4-9,14H,3H2,1-2H3. The van der Waals surface area contributed by atoms with Gasteiger partial charge in [-0.2, -0.15) is 0 Å². The van der Waals surface area contributed by atoms with Gasteiger partial charge in [0.15, 0.2) is 5.17 Å². The van der Waals surface area contributed by atoms with E-state index in [4.69, 9.17) is 23.2 Å². The Labute approximate surface area is 149 Å². The Hall–Kier alpha value is -1.23. The van der Waals surface area contributed by atoms with E-state index in [9.17, 15) is 4.39 Å². The summed E-state index contributed by atoms with van der Waals surface area (Å²) in [4.78, 5) is 7.90. The van der Waals surface area contributed by atoms with Crippen molar-refractivity contribution in [2.24, 2.45) is 4.99 Å². The first kappa shape index (κ1) is 16.6. The van der Waals surface area contributed by atoms with Gasteiger partial charge in [0.05, 0.1) is 16.1 Å². The normalized spacial score (nSPS) is 19.1. The lowest BCUT2D eigenvalue weighted by atomic mass is 10.0. The maximum atomic E-state index is 13.3. The van der Waals surface area contributed by atoms with Crippen LogP contribution in [0.5, 0.6) is 0 Å². The van der Waals surface area contributed by atoms with E-state index in [0.29, 0.717) is 5.69 Å². The third kappa shape index (κ3) is 3.21. The molecule has 1 atom stereocenters. The van der Waals surface area contributed by atoms with E-state index in [1.165, 1.54) is 22.6 Å². The highest BCUT2D eigenvalue weighted by molar-refractivity contribution is 8.14. The largest absolute Gasteiger partial charge is 0.347 e. The van der Waals surface area contributed by atoms with Gasteiger partial charge in [-0.05, 0) is 30.2 Å². The molecule has 0 aromatic heterocycles. The van der Waals surface area contributed by atoms with Crippen molar-refractivity contribution in [2.45, 2.75) is 24.3 Å². The van der Waals surface area contributed by atoms with Crippen LogP contribution in [0.15, 0.2) is 46.3 Å². The third-order valence-corrected chi connectivity index (χ3v) is 5.55. The summed E-state index contributed by atoms with van der Waals surface area (Å²) >= 11 is 13.8. The Morgan fingerprint density at radius 1 is 1.22 bits per heavy atom. The predicted octanol–water partition coefficient (Wildman–Crippen LogP) is 6.31. The van der Waals surface area contributed by atoms with Gasteiger partial charge >= 0.3 is 0 Å². The van der Waals surface area contributed by atoms with Crippen molar-refractivity contribution in [1.82, 2.24) is 4.90 Å². The number of benzene rings is 2. The van der Waals surface area contributed by atoms with Crippen LogP contribution in [0, 0.1) is 5.82 Å². The van der Waals surface area contributed by atoms with Crippen molar-refractivity contribution in [3.8, 4) is 0 Å². The van der Waals surface area contributed by atoms with E-state index in [1.807, 2.05) is 19.2 Å². The molecule has 0 amide bonds. The van der Waals surface area contributed by atoms with Gasteiger partial charge in [-0.1, -0.05) is 60.1 Å². The molecule has 0 aliphatic carbocycles. The number of hydrogen-bond acceptors (Lipinski definition) is 2. The zero-order valence-corrected chi connectivity index (χ0v) is 15.0. The smallest absolute Gasteiger partial charge is 0.169 e. The minimum absolute atomic E-state index is 0.211. The lowest BCUT2D eigenvalue weighted by Gasteiger charge is -2.35. The maximum Gasteiger partial charge on any atom is 0.169 e. The number of fused-ring (bicyclic) bond motifs is 1. The lowest BCUT2D eigenvalue weighted by molar-refractivity contribution is 0.363. The number of thioether (sulfide) groups is 1. The summed E-state index contributed by atoms with van der Waals surface area (Å²) < 4.78 is 13.3. The van der Waals surface area contributed by atoms with Crippen molar-refractivity contribution >= 4 is 45.8 Å². The van der Waals surface area contributed by atoms with Crippen molar-refractivity contribution < 1.29 is 4.39 Å². The van der Waals surface area contributed by atoms with Gasteiger partial charge in [0.25, 0.3) is 0 Å². The molecule has 0 spiro atoms. The zero-order valence-electron chi connectivity index (χ0n) is 12.7. The van der Waals surface area contributed by atoms with Crippen molar-refractivity contribution in [2.75, 3.05) is 7.05 Å². The highest BCUT2D eigenvalue weighted by atomic mass is 35.5. The highest BCUT2D eigenvalue weighted by Gasteiger charge is 2.28. The molecule has 0 saturated heterocycles. The van der Waals surface area contributed by atoms with Crippen LogP contribution in [0.4, 0.5) is 10.1 Å². The Kier molecular flexibility index (Phi) is 4.85. The van der Waals surface area contributed by atoms with E-state index in [2.05, 4.69) is 28.9 Å². The monoisotopic (exact) mass is 368 g/mol. The van der Waals surface area contributed by atoms with Crippen LogP contribution in [-0.4, -0.2) is 17.1 Å². The van der Waals surface area contributed by atoms with Gasteiger partial charge in [0.1, 0.15) is 11.5 Å². The molecule has 1 aliphatic rings. The second kappa shape index (κ2) is 6.71. The first-order chi connectivity index (χ1) is 11.0. The minimum Gasteiger partial charge on any atom is -0.347 e. The number of halogens is 3. The maximum absolute atomic E-state index is 13.3. The number of rotatable bonds is 2. The number of nitrogens with zero attached hydrogens (tertiary/aromatic N) is 2. The Bertz CT molecular complexity index is 756. The van der Waals surface area contributed by atoms with Crippen LogP contribution in [-0.2, 0) is 0 Å². The summed E-state index contributed by atoms with van der Waals surface area (Å²) in [6, 6.07) is 11.0. The molecule has 2 aromatic carbocycles. The highest BCUT2D eigenvalue weighted by Crippen LogP contribution is 2.42. The van der Waals surface area contributed by atoms with Gasteiger partial charge in [-0.25, -0.2) is 9.38 Å².